The number of likely N-dealkylation sites (tertiary alicyclic amines) is 1. The average molecular weight is 415 g/mol. The van der Waals surface area contributed by atoms with E-state index in [1.54, 1.807) is 12.1 Å². The second kappa shape index (κ2) is 9.21. The molecule has 8 heteroatoms. The Hall–Kier alpha value is -3.00. The van der Waals surface area contributed by atoms with Crippen LogP contribution in [-0.2, 0) is 22.6 Å². The molecule has 1 fully saturated rings. The maximum absolute atomic E-state index is 13.9. The molecule has 2 heterocycles. The maximum Gasteiger partial charge on any atom is 0.243 e. The molecule has 2 N–H and O–H groups in total. The van der Waals surface area contributed by atoms with Crippen LogP contribution in [0.15, 0.2) is 30.3 Å². The molecular weight excluding hydrogens is 389 g/mol. The highest BCUT2D eigenvalue weighted by molar-refractivity contribution is 5.89. The van der Waals surface area contributed by atoms with Crippen LogP contribution in [0.25, 0.3) is 0 Å². The van der Waals surface area contributed by atoms with Crippen LogP contribution in [0.4, 0.5) is 4.39 Å². The first kappa shape index (κ1) is 21.7. The summed E-state index contributed by atoms with van der Waals surface area (Å²) in [7, 11) is 1.52. The molecule has 0 spiro atoms. The topological polar surface area (TPSA) is 91.8 Å². The lowest BCUT2D eigenvalue weighted by Gasteiger charge is -2.24. The van der Waals surface area contributed by atoms with Gasteiger partial charge in [-0.05, 0) is 37.1 Å². The van der Waals surface area contributed by atoms with E-state index in [4.69, 9.17) is 4.74 Å². The number of pyridine rings is 1. The summed E-state index contributed by atoms with van der Waals surface area (Å²) in [6.45, 7) is 3.99. The summed E-state index contributed by atoms with van der Waals surface area (Å²) in [5, 5.41) is 12.9. The number of carbonyl (C=O) groups is 2. The van der Waals surface area contributed by atoms with Gasteiger partial charge in [0.1, 0.15) is 11.9 Å². The maximum atomic E-state index is 13.9. The lowest BCUT2D eigenvalue weighted by atomic mass is 10.1. The normalized spacial score (nSPS) is 18.4. The van der Waals surface area contributed by atoms with Crippen molar-refractivity contribution in [3.63, 3.8) is 0 Å². The lowest BCUT2D eigenvalue weighted by Crippen LogP contribution is -2.46. The molecule has 7 nitrogen and oxygen atoms in total. The number of hydrogen-bond donors (Lipinski definition) is 2. The predicted octanol–water partition coefficient (Wildman–Crippen LogP) is 1.67. The first-order valence-corrected chi connectivity index (χ1v) is 9.80. The van der Waals surface area contributed by atoms with Crippen molar-refractivity contribution in [3.8, 4) is 5.88 Å². The van der Waals surface area contributed by atoms with Crippen LogP contribution in [0.1, 0.15) is 28.8 Å². The van der Waals surface area contributed by atoms with Gasteiger partial charge in [0.05, 0.1) is 19.6 Å². The molecule has 2 amide bonds. The van der Waals surface area contributed by atoms with Gasteiger partial charge in [0.15, 0.2) is 0 Å². The smallest absolute Gasteiger partial charge is 0.243 e. The number of β-amino-alcohol motifs (C(OH)–C–C–N with tert-alkyl or cyclic N) is 1. The van der Waals surface area contributed by atoms with Gasteiger partial charge in [0.25, 0.3) is 0 Å². The molecule has 0 radical (unpaired) electrons. The van der Waals surface area contributed by atoms with Gasteiger partial charge in [-0.3, -0.25) is 9.59 Å². The Morgan fingerprint density at radius 1 is 1.33 bits per heavy atom. The summed E-state index contributed by atoms with van der Waals surface area (Å²) >= 11 is 0. The fraction of sp³-hybridized carbons (Fsp3) is 0.409. The van der Waals surface area contributed by atoms with Gasteiger partial charge < -0.3 is 20.1 Å². The zero-order chi connectivity index (χ0) is 21.8. The number of benzene rings is 1. The van der Waals surface area contributed by atoms with Crippen molar-refractivity contribution >= 4 is 11.8 Å². The number of aliphatic hydroxyl groups excluding tert-OH is 1. The van der Waals surface area contributed by atoms with E-state index in [0.29, 0.717) is 5.88 Å². The molecule has 2 aromatic rings. The number of ether oxygens (including phenoxy) is 1. The third-order valence-electron chi connectivity index (χ3n) is 5.27. The summed E-state index contributed by atoms with van der Waals surface area (Å²) < 4.78 is 19.2. The number of halogens is 1. The van der Waals surface area contributed by atoms with Crippen LogP contribution in [0.2, 0.25) is 0 Å². The summed E-state index contributed by atoms with van der Waals surface area (Å²) in [5.41, 5.74) is 2.75. The minimum absolute atomic E-state index is 0.0415. The molecule has 1 saturated heterocycles. The van der Waals surface area contributed by atoms with Gasteiger partial charge in [-0.15, -0.1) is 0 Å². The molecule has 30 heavy (non-hydrogen) atoms. The largest absolute Gasteiger partial charge is 0.481 e. The minimum Gasteiger partial charge on any atom is -0.481 e. The zero-order valence-corrected chi connectivity index (χ0v) is 17.3. The van der Waals surface area contributed by atoms with E-state index in [1.807, 2.05) is 19.9 Å². The van der Waals surface area contributed by atoms with Crippen molar-refractivity contribution in [2.24, 2.45) is 0 Å². The van der Waals surface area contributed by atoms with Crippen LogP contribution in [0, 0.1) is 19.7 Å². The first-order valence-electron chi connectivity index (χ1n) is 9.80. The summed E-state index contributed by atoms with van der Waals surface area (Å²) in [6.07, 6.45) is -0.836. The van der Waals surface area contributed by atoms with Crippen molar-refractivity contribution in [2.45, 2.75) is 45.4 Å². The second-order valence-corrected chi connectivity index (χ2v) is 7.51. The summed E-state index contributed by atoms with van der Waals surface area (Å²) in [5.74, 6) is -0.814. The van der Waals surface area contributed by atoms with E-state index in [0.717, 1.165) is 16.8 Å². The minimum atomic E-state index is -0.816. The average Bonchev–Trinajstić information content (AvgIpc) is 3.10. The quantitative estimate of drug-likeness (QED) is 0.749. The van der Waals surface area contributed by atoms with E-state index in [9.17, 15) is 19.1 Å². The molecule has 3 rings (SSSR count). The highest BCUT2D eigenvalue weighted by atomic mass is 19.1. The van der Waals surface area contributed by atoms with Gasteiger partial charge in [-0.2, -0.15) is 0 Å². The first-order chi connectivity index (χ1) is 14.3. The number of nitrogens with zero attached hydrogens (tertiary/aromatic N) is 2. The Kier molecular flexibility index (Phi) is 6.66. The second-order valence-electron chi connectivity index (χ2n) is 7.51. The fourth-order valence-electron chi connectivity index (χ4n) is 3.75. The number of carbonyl (C=O) groups excluding carboxylic acids is 2. The van der Waals surface area contributed by atoms with E-state index >= 15 is 0 Å². The number of hydrogen-bond acceptors (Lipinski definition) is 5. The van der Waals surface area contributed by atoms with Gasteiger partial charge in [-0.25, -0.2) is 9.37 Å². The number of aromatic nitrogens is 1. The SMILES string of the molecule is COc1nc(C)cc(C)c1CNC(=O)C1CC(O)CN1C(=O)Cc1ccccc1F. The molecule has 2 unspecified atom stereocenters. The van der Waals surface area contributed by atoms with Crippen LogP contribution in [0.3, 0.4) is 0 Å². The zero-order valence-electron chi connectivity index (χ0n) is 17.3. The number of rotatable bonds is 6. The Balaban J connectivity index is 1.70. The monoisotopic (exact) mass is 415 g/mol. The van der Waals surface area contributed by atoms with Crippen molar-refractivity contribution in [3.05, 3.63) is 58.5 Å². The standard InChI is InChI=1S/C22H26FN3O4/c1-13-8-14(2)25-22(30-3)17(13)11-24-21(29)19-10-16(27)12-26(19)20(28)9-15-6-4-5-7-18(15)23/h4-8,16,19,27H,9-12H2,1-3H3,(H,24,29). The Labute approximate surface area is 174 Å². The van der Waals surface area contributed by atoms with Crippen molar-refractivity contribution < 1.29 is 23.8 Å². The molecule has 1 aromatic carbocycles. The molecule has 0 saturated carbocycles. The van der Waals surface area contributed by atoms with Crippen LogP contribution in [0.5, 0.6) is 5.88 Å². The van der Waals surface area contributed by atoms with Crippen molar-refractivity contribution in [1.29, 1.82) is 0 Å². The number of nitrogens with one attached hydrogen (secondary N) is 1. The van der Waals surface area contributed by atoms with Crippen molar-refractivity contribution in [1.82, 2.24) is 15.2 Å². The Morgan fingerprint density at radius 2 is 2.07 bits per heavy atom. The van der Waals surface area contributed by atoms with E-state index in [1.165, 1.54) is 24.1 Å². The lowest BCUT2D eigenvalue weighted by molar-refractivity contribution is -0.138. The summed E-state index contributed by atoms with van der Waals surface area (Å²) in [6, 6.07) is 7.11. The van der Waals surface area contributed by atoms with Crippen molar-refractivity contribution in [2.75, 3.05) is 13.7 Å². The van der Waals surface area contributed by atoms with Gasteiger partial charge >= 0.3 is 0 Å². The molecule has 2 atom stereocenters. The number of amides is 2. The third-order valence-corrected chi connectivity index (χ3v) is 5.27. The Bertz CT molecular complexity index is 950. The molecule has 0 bridgehead atoms. The molecule has 0 aliphatic carbocycles. The number of aryl methyl sites for hydroxylation is 2. The summed E-state index contributed by atoms with van der Waals surface area (Å²) in [4.78, 5) is 31.2. The predicted molar refractivity (Wildman–Crippen MR) is 108 cm³/mol. The van der Waals surface area contributed by atoms with Crippen LogP contribution < -0.4 is 10.1 Å². The van der Waals surface area contributed by atoms with E-state index in [-0.39, 0.29) is 37.4 Å². The van der Waals surface area contributed by atoms with Crippen LogP contribution >= 0.6 is 0 Å². The highest BCUT2D eigenvalue weighted by Crippen LogP contribution is 2.23. The Morgan fingerprint density at radius 3 is 2.77 bits per heavy atom. The molecule has 160 valence electrons. The number of methoxy groups -OCH3 is 1. The fourth-order valence-corrected chi connectivity index (χ4v) is 3.75. The van der Waals surface area contributed by atoms with E-state index < -0.39 is 23.9 Å². The van der Waals surface area contributed by atoms with Crippen LogP contribution in [-0.4, -0.2) is 52.6 Å². The van der Waals surface area contributed by atoms with Gasteiger partial charge in [0.2, 0.25) is 17.7 Å². The van der Waals surface area contributed by atoms with E-state index in [2.05, 4.69) is 10.3 Å². The molecule has 1 aromatic heterocycles. The molecule has 1 aliphatic heterocycles. The van der Waals surface area contributed by atoms with Gasteiger partial charge in [0, 0.05) is 30.8 Å². The molecule has 1 aliphatic rings. The molecular formula is C22H26FN3O4. The number of aliphatic hydroxyl groups is 1. The highest BCUT2D eigenvalue weighted by Gasteiger charge is 2.38. The third kappa shape index (κ3) is 4.76. The van der Waals surface area contributed by atoms with Gasteiger partial charge in [-0.1, -0.05) is 18.2 Å².